The number of rotatable bonds is 6. The molecule has 128 valence electrons. The Morgan fingerprint density at radius 2 is 1.31 bits per heavy atom. The maximum Gasteiger partial charge on any atom is 0.127 e. The average molecular weight is 339 g/mol. The summed E-state index contributed by atoms with van der Waals surface area (Å²) in [6.45, 7) is 0.900. The highest BCUT2D eigenvalue weighted by molar-refractivity contribution is 5.83. The first-order chi connectivity index (χ1) is 12.9. The number of fused-ring (bicyclic) bond motifs is 1. The number of benzene rings is 4. The van der Waals surface area contributed by atoms with Crippen LogP contribution < -0.4 is 10.1 Å². The molecule has 0 radical (unpaired) electrons. The van der Waals surface area contributed by atoms with Crippen molar-refractivity contribution in [2.24, 2.45) is 0 Å². The minimum Gasteiger partial charge on any atom is -0.457 e. The summed E-state index contributed by atoms with van der Waals surface area (Å²) in [5.41, 5.74) is 2.45. The molecule has 4 rings (SSSR count). The van der Waals surface area contributed by atoms with Gasteiger partial charge >= 0.3 is 0 Å². The van der Waals surface area contributed by atoms with E-state index in [4.69, 9.17) is 4.74 Å². The number of hydrogen-bond donors (Lipinski definition) is 1. The van der Waals surface area contributed by atoms with Gasteiger partial charge < -0.3 is 10.1 Å². The minimum atomic E-state index is 0.844. The molecule has 4 aromatic carbocycles. The molecule has 0 amide bonds. The van der Waals surface area contributed by atoms with Crippen LogP contribution in [0.25, 0.3) is 10.8 Å². The summed E-state index contributed by atoms with van der Waals surface area (Å²) in [6.07, 6.45) is 0.993. The summed E-state index contributed by atoms with van der Waals surface area (Å²) in [5, 5.41) is 6.07. The Balaban J connectivity index is 1.32. The van der Waals surface area contributed by atoms with Gasteiger partial charge in [-0.1, -0.05) is 60.7 Å². The van der Waals surface area contributed by atoms with E-state index in [1.165, 1.54) is 16.3 Å². The van der Waals surface area contributed by atoms with Crippen LogP contribution in [-0.2, 0) is 6.42 Å². The van der Waals surface area contributed by atoms with Crippen molar-refractivity contribution in [3.05, 3.63) is 103 Å². The van der Waals surface area contributed by atoms with E-state index in [9.17, 15) is 0 Å². The smallest absolute Gasteiger partial charge is 0.127 e. The highest BCUT2D eigenvalue weighted by Crippen LogP contribution is 2.22. The van der Waals surface area contributed by atoms with Crippen molar-refractivity contribution >= 4 is 16.5 Å². The molecule has 2 heteroatoms. The van der Waals surface area contributed by atoms with Crippen LogP contribution >= 0.6 is 0 Å². The molecule has 0 spiro atoms. The zero-order chi connectivity index (χ0) is 17.6. The van der Waals surface area contributed by atoms with Crippen molar-refractivity contribution in [2.45, 2.75) is 6.42 Å². The van der Waals surface area contributed by atoms with Crippen molar-refractivity contribution in [1.82, 2.24) is 0 Å². The van der Waals surface area contributed by atoms with E-state index < -0.39 is 0 Å². The van der Waals surface area contributed by atoms with Gasteiger partial charge in [0.15, 0.2) is 0 Å². The van der Waals surface area contributed by atoms with Gasteiger partial charge in [0.05, 0.1) is 0 Å². The Labute approximate surface area is 154 Å². The van der Waals surface area contributed by atoms with Gasteiger partial charge in [0, 0.05) is 12.2 Å². The van der Waals surface area contributed by atoms with Gasteiger partial charge in [0.1, 0.15) is 11.5 Å². The summed E-state index contributed by atoms with van der Waals surface area (Å²) < 4.78 is 5.82. The highest BCUT2D eigenvalue weighted by Gasteiger charge is 1.99. The first-order valence-corrected chi connectivity index (χ1v) is 8.91. The molecule has 0 bridgehead atoms. The maximum absolute atomic E-state index is 5.82. The molecule has 0 saturated carbocycles. The second kappa shape index (κ2) is 7.75. The fourth-order valence-electron chi connectivity index (χ4n) is 3.01. The molecule has 0 aromatic heterocycles. The van der Waals surface area contributed by atoms with Crippen LogP contribution in [0.1, 0.15) is 5.56 Å². The maximum atomic E-state index is 5.82. The Bertz CT molecular complexity index is 978. The van der Waals surface area contributed by atoms with Gasteiger partial charge in [-0.15, -0.1) is 0 Å². The van der Waals surface area contributed by atoms with E-state index in [1.807, 2.05) is 42.5 Å². The number of nitrogens with one attached hydrogen (secondary N) is 1. The third-order valence-corrected chi connectivity index (χ3v) is 4.39. The first kappa shape index (κ1) is 16.2. The van der Waals surface area contributed by atoms with Crippen LogP contribution in [0.3, 0.4) is 0 Å². The van der Waals surface area contributed by atoms with Gasteiger partial charge in [-0.05, 0) is 59.2 Å². The normalized spacial score (nSPS) is 10.6. The molecule has 0 aliphatic rings. The zero-order valence-electron chi connectivity index (χ0n) is 14.6. The van der Waals surface area contributed by atoms with Gasteiger partial charge in [0.2, 0.25) is 0 Å². The van der Waals surface area contributed by atoms with Gasteiger partial charge in [0.25, 0.3) is 0 Å². The standard InChI is InChI=1S/C24H21NO/c1-2-8-23(9-3-1)26-24-14-12-22(13-15-24)25-17-16-19-10-11-20-6-4-5-7-21(20)18-19/h1-15,18,25H,16-17H2. The molecule has 0 aliphatic heterocycles. The van der Waals surface area contributed by atoms with Crippen LogP contribution in [0.15, 0.2) is 97.1 Å². The molecule has 0 atom stereocenters. The van der Waals surface area contributed by atoms with Gasteiger partial charge in [-0.2, -0.15) is 0 Å². The molecule has 0 unspecified atom stereocenters. The fourth-order valence-corrected chi connectivity index (χ4v) is 3.01. The molecule has 2 nitrogen and oxygen atoms in total. The summed E-state index contributed by atoms with van der Waals surface area (Å²) in [5.74, 6) is 1.70. The van der Waals surface area contributed by atoms with E-state index in [0.717, 1.165) is 30.2 Å². The van der Waals surface area contributed by atoms with Crippen LogP contribution in [-0.4, -0.2) is 6.54 Å². The van der Waals surface area contributed by atoms with E-state index in [2.05, 4.69) is 59.9 Å². The van der Waals surface area contributed by atoms with Crippen molar-refractivity contribution in [3.8, 4) is 11.5 Å². The summed E-state index contributed by atoms with van der Waals surface area (Å²) in [7, 11) is 0. The SMILES string of the molecule is c1ccc(Oc2ccc(NCCc3ccc4ccccc4c3)cc2)cc1. The Morgan fingerprint density at radius 1 is 0.615 bits per heavy atom. The molecule has 1 N–H and O–H groups in total. The lowest BCUT2D eigenvalue weighted by atomic mass is 10.1. The van der Waals surface area contributed by atoms with E-state index >= 15 is 0 Å². The van der Waals surface area contributed by atoms with E-state index in [-0.39, 0.29) is 0 Å². The second-order valence-corrected chi connectivity index (χ2v) is 6.30. The molecular formula is C24H21NO. The largest absolute Gasteiger partial charge is 0.457 e. The molecule has 0 heterocycles. The molecule has 26 heavy (non-hydrogen) atoms. The number of anilines is 1. The lowest BCUT2D eigenvalue weighted by molar-refractivity contribution is 0.483. The predicted molar refractivity (Wildman–Crippen MR) is 109 cm³/mol. The Morgan fingerprint density at radius 3 is 2.12 bits per heavy atom. The monoisotopic (exact) mass is 339 g/mol. The van der Waals surface area contributed by atoms with Crippen molar-refractivity contribution in [3.63, 3.8) is 0 Å². The number of ether oxygens (including phenoxy) is 1. The van der Waals surface area contributed by atoms with Gasteiger partial charge in [-0.25, -0.2) is 0 Å². The lowest BCUT2D eigenvalue weighted by Crippen LogP contribution is -2.04. The van der Waals surface area contributed by atoms with Crippen LogP contribution in [0.4, 0.5) is 5.69 Å². The summed E-state index contributed by atoms with van der Waals surface area (Å²) in [6, 6.07) is 33.1. The average Bonchev–Trinajstić information content (AvgIpc) is 2.70. The molecule has 4 aromatic rings. The van der Waals surface area contributed by atoms with Crippen molar-refractivity contribution in [2.75, 3.05) is 11.9 Å². The molecular weight excluding hydrogens is 318 g/mol. The highest BCUT2D eigenvalue weighted by atomic mass is 16.5. The first-order valence-electron chi connectivity index (χ1n) is 8.91. The number of para-hydroxylation sites is 1. The van der Waals surface area contributed by atoms with Crippen LogP contribution in [0.2, 0.25) is 0 Å². The van der Waals surface area contributed by atoms with E-state index in [0.29, 0.717) is 0 Å². The summed E-state index contributed by atoms with van der Waals surface area (Å²) >= 11 is 0. The van der Waals surface area contributed by atoms with Crippen LogP contribution in [0, 0.1) is 0 Å². The predicted octanol–water partition coefficient (Wildman–Crippen LogP) is 6.29. The minimum absolute atomic E-state index is 0.844. The third kappa shape index (κ3) is 4.04. The third-order valence-electron chi connectivity index (χ3n) is 4.39. The molecule has 0 fully saturated rings. The molecule has 0 aliphatic carbocycles. The number of hydrogen-bond acceptors (Lipinski definition) is 2. The van der Waals surface area contributed by atoms with E-state index in [1.54, 1.807) is 0 Å². The van der Waals surface area contributed by atoms with Gasteiger partial charge in [-0.3, -0.25) is 0 Å². The second-order valence-electron chi connectivity index (χ2n) is 6.30. The van der Waals surface area contributed by atoms with Crippen molar-refractivity contribution < 1.29 is 4.74 Å². The lowest BCUT2D eigenvalue weighted by Gasteiger charge is -2.09. The fraction of sp³-hybridized carbons (Fsp3) is 0.0833. The topological polar surface area (TPSA) is 21.3 Å². The van der Waals surface area contributed by atoms with Crippen molar-refractivity contribution in [1.29, 1.82) is 0 Å². The Kier molecular flexibility index (Phi) is 4.83. The Hall–Kier alpha value is -3.26. The summed E-state index contributed by atoms with van der Waals surface area (Å²) in [4.78, 5) is 0. The zero-order valence-corrected chi connectivity index (χ0v) is 14.6. The van der Waals surface area contributed by atoms with Crippen LogP contribution in [0.5, 0.6) is 11.5 Å². The molecule has 0 saturated heterocycles. The quantitative estimate of drug-likeness (QED) is 0.446.